The minimum absolute atomic E-state index is 0.0142. The molecule has 0 spiro atoms. The first-order valence-corrected chi connectivity index (χ1v) is 8.93. The fraction of sp³-hybridized carbons (Fsp3) is 0.300. The third-order valence-electron chi connectivity index (χ3n) is 3.74. The molecule has 1 atom stereocenters. The van der Waals surface area contributed by atoms with Crippen LogP contribution in [0.2, 0.25) is 5.02 Å². The number of carbonyl (C=O) groups excluding carboxylic acids is 2. The average molecular weight is 431 g/mol. The second-order valence-corrected chi connectivity index (χ2v) is 6.38. The van der Waals surface area contributed by atoms with E-state index in [9.17, 15) is 22.8 Å². The molecule has 1 unspecified atom stereocenters. The monoisotopic (exact) mass is 430 g/mol. The number of halogens is 4. The van der Waals surface area contributed by atoms with E-state index >= 15 is 0 Å². The summed E-state index contributed by atoms with van der Waals surface area (Å²) in [6.45, 7) is 4.60. The lowest BCUT2D eigenvalue weighted by molar-refractivity contribution is -0.150. The molecule has 2 aromatic carbocycles. The standard InChI is InChI=1S/C20H18ClF3O5/c1-4-27-19(26)12(3)28-18-10-14(6-7-15(18)11(2)25)29-17-8-5-13(9-16(17)21)20(22,23)24/h5-10,12H,4H2,1-3H3. The van der Waals surface area contributed by atoms with Gasteiger partial charge in [0.1, 0.15) is 17.2 Å². The Morgan fingerprint density at radius 2 is 1.79 bits per heavy atom. The molecule has 5 nitrogen and oxygen atoms in total. The smallest absolute Gasteiger partial charge is 0.416 e. The van der Waals surface area contributed by atoms with Crippen LogP contribution >= 0.6 is 11.6 Å². The van der Waals surface area contributed by atoms with Gasteiger partial charge in [0.15, 0.2) is 11.9 Å². The Bertz CT molecular complexity index is 911. The van der Waals surface area contributed by atoms with E-state index in [0.717, 1.165) is 18.2 Å². The molecule has 9 heteroatoms. The molecule has 0 N–H and O–H groups in total. The number of ether oxygens (including phenoxy) is 3. The van der Waals surface area contributed by atoms with Gasteiger partial charge in [0, 0.05) is 6.07 Å². The summed E-state index contributed by atoms with van der Waals surface area (Å²) in [7, 11) is 0. The van der Waals surface area contributed by atoms with Crippen molar-refractivity contribution in [3.63, 3.8) is 0 Å². The Hall–Kier alpha value is -2.74. The Morgan fingerprint density at radius 3 is 2.34 bits per heavy atom. The zero-order valence-electron chi connectivity index (χ0n) is 15.8. The molecular formula is C20H18ClF3O5. The third kappa shape index (κ3) is 5.87. The van der Waals surface area contributed by atoms with Gasteiger partial charge in [-0.1, -0.05) is 11.6 Å². The normalized spacial score (nSPS) is 12.2. The first-order chi connectivity index (χ1) is 13.5. The molecule has 0 aliphatic carbocycles. The summed E-state index contributed by atoms with van der Waals surface area (Å²) < 4.78 is 54.2. The summed E-state index contributed by atoms with van der Waals surface area (Å²) in [6.07, 6.45) is -5.52. The van der Waals surface area contributed by atoms with Crippen molar-refractivity contribution >= 4 is 23.4 Å². The zero-order valence-corrected chi connectivity index (χ0v) is 16.6. The Morgan fingerprint density at radius 1 is 1.10 bits per heavy atom. The van der Waals surface area contributed by atoms with Gasteiger partial charge in [-0.2, -0.15) is 13.2 Å². The topological polar surface area (TPSA) is 61.8 Å². The van der Waals surface area contributed by atoms with Crippen LogP contribution in [-0.4, -0.2) is 24.5 Å². The van der Waals surface area contributed by atoms with E-state index in [4.69, 9.17) is 25.8 Å². The van der Waals surface area contributed by atoms with E-state index < -0.39 is 23.8 Å². The van der Waals surface area contributed by atoms with Crippen molar-refractivity contribution in [2.24, 2.45) is 0 Å². The molecule has 0 aromatic heterocycles. The van der Waals surface area contributed by atoms with Gasteiger partial charge in [0.2, 0.25) is 0 Å². The molecule has 0 bridgehead atoms. The van der Waals surface area contributed by atoms with Crippen LogP contribution in [0.15, 0.2) is 36.4 Å². The first kappa shape index (κ1) is 22.5. The molecule has 0 saturated heterocycles. The van der Waals surface area contributed by atoms with Gasteiger partial charge in [-0.3, -0.25) is 4.79 Å². The van der Waals surface area contributed by atoms with E-state index in [1.165, 1.54) is 32.0 Å². The number of ketones is 1. The lowest BCUT2D eigenvalue weighted by Crippen LogP contribution is -2.26. The van der Waals surface area contributed by atoms with Crippen molar-refractivity contribution < 1.29 is 37.0 Å². The average Bonchev–Trinajstić information content (AvgIpc) is 2.62. The van der Waals surface area contributed by atoms with Crippen LogP contribution in [-0.2, 0) is 15.7 Å². The second-order valence-electron chi connectivity index (χ2n) is 5.97. The number of Topliss-reactive ketones (excluding diaryl/α,β-unsaturated/α-hetero) is 1. The van der Waals surface area contributed by atoms with Gasteiger partial charge < -0.3 is 14.2 Å². The minimum atomic E-state index is -4.53. The fourth-order valence-corrected chi connectivity index (χ4v) is 2.56. The van der Waals surface area contributed by atoms with Gasteiger partial charge in [0.25, 0.3) is 0 Å². The summed E-state index contributed by atoms with van der Waals surface area (Å²) in [6, 6.07) is 6.88. The van der Waals surface area contributed by atoms with Crippen LogP contribution in [0.3, 0.4) is 0 Å². The molecule has 0 heterocycles. The van der Waals surface area contributed by atoms with Crippen LogP contribution in [0.4, 0.5) is 13.2 Å². The highest BCUT2D eigenvalue weighted by Crippen LogP contribution is 2.37. The summed E-state index contributed by atoms with van der Waals surface area (Å²) in [5.74, 6) is -0.713. The minimum Gasteiger partial charge on any atom is -0.478 e. The summed E-state index contributed by atoms with van der Waals surface area (Å²) in [4.78, 5) is 23.6. The van der Waals surface area contributed by atoms with E-state index in [2.05, 4.69) is 0 Å². The molecule has 2 aromatic rings. The van der Waals surface area contributed by atoms with Crippen LogP contribution < -0.4 is 9.47 Å². The van der Waals surface area contributed by atoms with Crippen LogP contribution in [0.1, 0.15) is 36.7 Å². The van der Waals surface area contributed by atoms with Crippen LogP contribution in [0.5, 0.6) is 17.2 Å². The third-order valence-corrected chi connectivity index (χ3v) is 4.04. The van der Waals surface area contributed by atoms with Gasteiger partial charge >= 0.3 is 12.1 Å². The number of hydrogen-bond donors (Lipinski definition) is 0. The highest BCUT2D eigenvalue weighted by atomic mass is 35.5. The molecule has 0 fully saturated rings. The van der Waals surface area contributed by atoms with Crippen molar-refractivity contribution in [2.45, 2.75) is 33.1 Å². The maximum atomic E-state index is 12.8. The number of benzene rings is 2. The lowest BCUT2D eigenvalue weighted by atomic mass is 10.1. The lowest BCUT2D eigenvalue weighted by Gasteiger charge is -2.17. The fourth-order valence-electron chi connectivity index (χ4n) is 2.34. The number of esters is 1. The molecule has 0 radical (unpaired) electrons. The predicted molar refractivity (Wildman–Crippen MR) is 99.7 cm³/mol. The number of carbonyl (C=O) groups is 2. The van der Waals surface area contributed by atoms with Gasteiger partial charge in [-0.25, -0.2) is 4.79 Å². The maximum Gasteiger partial charge on any atom is 0.416 e. The van der Waals surface area contributed by atoms with Gasteiger partial charge in [0.05, 0.1) is 22.8 Å². The van der Waals surface area contributed by atoms with E-state index in [0.29, 0.717) is 0 Å². The van der Waals surface area contributed by atoms with E-state index in [1.54, 1.807) is 6.92 Å². The van der Waals surface area contributed by atoms with E-state index in [1.807, 2.05) is 0 Å². The summed E-state index contributed by atoms with van der Waals surface area (Å²) in [5.41, 5.74) is -0.707. The van der Waals surface area contributed by atoms with Crippen LogP contribution in [0, 0.1) is 0 Å². The maximum absolute atomic E-state index is 12.8. The molecule has 0 aliphatic heterocycles. The van der Waals surface area contributed by atoms with Gasteiger partial charge in [-0.05, 0) is 51.1 Å². The summed E-state index contributed by atoms with van der Waals surface area (Å²) >= 11 is 5.90. The Balaban J connectivity index is 2.31. The number of rotatable bonds is 7. The zero-order chi connectivity index (χ0) is 21.8. The SMILES string of the molecule is CCOC(=O)C(C)Oc1cc(Oc2ccc(C(F)(F)F)cc2Cl)ccc1C(C)=O. The largest absolute Gasteiger partial charge is 0.478 e. The van der Waals surface area contributed by atoms with Crippen molar-refractivity contribution in [2.75, 3.05) is 6.61 Å². The molecule has 29 heavy (non-hydrogen) atoms. The molecule has 0 saturated carbocycles. The molecule has 2 rings (SSSR count). The van der Waals surface area contributed by atoms with Crippen molar-refractivity contribution in [3.05, 3.63) is 52.5 Å². The van der Waals surface area contributed by atoms with E-state index in [-0.39, 0.29) is 40.2 Å². The van der Waals surface area contributed by atoms with Crippen molar-refractivity contribution in [1.29, 1.82) is 0 Å². The molecular weight excluding hydrogens is 413 g/mol. The highest BCUT2D eigenvalue weighted by Gasteiger charge is 2.31. The van der Waals surface area contributed by atoms with Gasteiger partial charge in [-0.15, -0.1) is 0 Å². The van der Waals surface area contributed by atoms with Crippen molar-refractivity contribution in [3.8, 4) is 17.2 Å². The Kier molecular flexibility index (Phi) is 7.13. The second kappa shape index (κ2) is 9.17. The highest BCUT2D eigenvalue weighted by molar-refractivity contribution is 6.32. The number of hydrogen-bond acceptors (Lipinski definition) is 5. The molecule has 0 aliphatic rings. The first-order valence-electron chi connectivity index (χ1n) is 8.55. The predicted octanol–water partition coefficient (Wildman–Crippen LogP) is 5.68. The quantitative estimate of drug-likeness (QED) is 0.417. The number of alkyl halides is 3. The molecule has 0 amide bonds. The van der Waals surface area contributed by atoms with Crippen molar-refractivity contribution in [1.82, 2.24) is 0 Å². The van der Waals surface area contributed by atoms with Crippen LogP contribution in [0.25, 0.3) is 0 Å². The summed E-state index contributed by atoms with van der Waals surface area (Å²) in [5, 5.41) is -0.238. The Labute approximate surface area is 170 Å². The molecule has 156 valence electrons.